The van der Waals surface area contributed by atoms with Crippen LogP contribution in [0, 0.1) is 0 Å². The number of hydrogen-bond acceptors (Lipinski definition) is 5. The van der Waals surface area contributed by atoms with E-state index in [1.807, 2.05) is 0 Å². The predicted octanol–water partition coefficient (Wildman–Crippen LogP) is 0.494. The third-order valence-electron chi connectivity index (χ3n) is 2.88. The van der Waals surface area contributed by atoms with E-state index in [1.165, 1.54) is 6.07 Å². The number of hydrogen-bond donors (Lipinski definition) is 2. The number of sulfone groups is 1. The van der Waals surface area contributed by atoms with E-state index >= 15 is 0 Å². The molecule has 0 atom stereocenters. The lowest BCUT2D eigenvalue weighted by Gasteiger charge is -2.06. The van der Waals surface area contributed by atoms with Gasteiger partial charge in [-0.1, -0.05) is 6.92 Å². The van der Waals surface area contributed by atoms with Crippen molar-refractivity contribution in [2.75, 3.05) is 23.4 Å². The average molecular weight is 271 g/mol. The van der Waals surface area contributed by atoms with Crippen molar-refractivity contribution in [2.45, 2.75) is 25.7 Å². The molecule has 1 fully saturated rings. The summed E-state index contributed by atoms with van der Waals surface area (Å²) in [7, 11) is -2.99. The summed E-state index contributed by atoms with van der Waals surface area (Å²) < 4.78 is 22.6. The second-order valence-electron chi connectivity index (χ2n) is 4.45. The molecule has 0 aliphatic heterocycles. The normalized spacial score (nSPS) is 15.6. The Bertz CT molecular complexity index is 575. The van der Waals surface area contributed by atoms with Crippen LogP contribution in [0.4, 0.5) is 5.82 Å². The first-order valence-corrected chi connectivity index (χ1v) is 7.88. The van der Waals surface area contributed by atoms with E-state index in [2.05, 4.69) is 15.3 Å². The molecule has 0 saturated heterocycles. The van der Waals surface area contributed by atoms with E-state index in [1.54, 1.807) is 6.92 Å². The second kappa shape index (κ2) is 5.09. The van der Waals surface area contributed by atoms with Crippen molar-refractivity contribution in [3.8, 4) is 0 Å². The number of anilines is 1. The number of nitrogens with one attached hydrogen (secondary N) is 2. The lowest BCUT2D eigenvalue weighted by Crippen LogP contribution is -2.19. The van der Waals surface area contributed by atoms with E-state index in [-0.39, 0.29) is 23.6 Å². The fourth-order valence-electron chi connectivity index (χ4n) is 1.60. The van der Waals surface area contributed by atoms with Gasteiger partial charge in [-0.2, -0.15) is 0 Å². The third kappa shape index (κ3) is 3.56. The predicted molar refractivity (Wildman–Crippen MR) is 69.7 cm³/mol. The molecule has 0 bridgehead atoms. The van der Waals surface area contributed by atoms with Gasteiger partial charge < -0.3 is 10.3 Å². The highest BCUT2D eigenvalue weighted by atomic mass is 32.2. The zero-order chi connectivity index (χ0) is 13.2. The molecule has 1 heterocycles. The molecule has 0 amide bonds. The summed E-state index contributed by atoms with van der Waals surface area (Å²) >= 11 is 0. The third-order valence-corrected chi connectivity index (χ3v) is 4.59. The largest absolute Gasteiger partial charge is 0.369 e. The summed E-state index contributed by atoms with van der Waals surface area (Å²) in [4.78, 5) is 18.4. The fraction of sp³-hybridized carbons (Fsp3) is 0.636. The summed E-state index contributed by atoms with van der Waals surface area (Å²) in [6, 6.07) is 1.35. The van der Waals surface area contributed by atoms with E-state index < -0.39 is 9.84 Å². The van der Waals surface area contributed by atoms with Crippen molar-refractivity contribution in [1.29, 1.82) is 0 Å². The first kappa shape index (κ1) is 13.1. The van der Waals surface area contributed by atoms with E-state index in [9.17, 15) is 13.2 Å². The Labute approximate surface area is 106 Å². The molecule has 1 aromatic heterocycles. The molecule has 0 spiro atoms. The maximum absolute atomic E-state index is 11.4. The standard InChI is InChI=1S/C11H17N3O3S/c1-2-18(16,17)6-5-12-9-7-10(15)14-11(13-9)8-3-4-8/h7-8H,2-6H2,1H3,(H2,12,13,14,15). The lowest BCUT2D eigenvalue weighted by molar-refractivity contribution is 0.597. The van der Waals surface area contributed by atoms with Gasteiger partial charge in [-0.15, -0.1) is 0 Å². The quantitative estimate of drug-likeness (QED) is 0.785. The Morgan fingerprint density at radius 1 is 1.50 bits per heavy atom. The molecule has 100 valence electrons. The van der Waals surface area contributed by atoms with Gasteiger partial charge in [0.1, 0.15) is 11.6 Å². The minimum absolute atomic E-state index is 0.0523. The van der Waals surface area contributed by atoms with Crippen LogP contribution >= 0.6 is 0 Å². The number of aromatic amines is 1. The smallest absolute Gasteiger partial charge is 0.252 e. The monoisotopic (exact) mass is 271 g/mol. The van der Waals surface area contributed by atoms with Gasteiger partial charge in [0, 0.05) is 24.3 Å². The van der Waals surface area contributed by atoms with Crippen LogP contribution in [0.15, 0.2) is 10.9 Å². The van der Waals surface area contributed by atoms with E-state index in [0.717, 1.165) is 12.8 Å². The molecule has 6 nitrogen and oxygen atoms in total. The fourth-order valence-corrected chi connectivity index (χ4v) is 2.30. The van der Waals surface area contributed by atoms with Gasteiger partial charge in [0.15, 0.2) is 9.84 Å². The number of H-pyrrole nitrogens is 1. The van der Waals surface area contributed by atoms with Crippen molar-refractivity contribution in [3.63, 3.8) is 0 Å². The minimum Gasteiger partial charge on any atom is -0.369 e. The number of aromatic nitrogens is 2. The highest BCUT2D eigenvalue weighted by Gasteiger charge is 2.26. The Balaban J connectivity index is 1.99. The van der Waals surface area contributed by atoms with Gasteiger partial charge in [0.05, 0.1) is 5.75 Å². The van der Waals surface area contributed by atoms with Crippen LogP contribution < -0.4 is 10.9 Å². The number of rotatable bonds is 6. The maximum atomic E-state index is 11.4. The van der Waals surface area contributed by atoms with Crippen LogP contribution in [0.1, 0.15) is 31.5 Å². The van der Waals surface area contributed by atoms with Crippen LogP contribution in [-0.4, -0.2) is 36.4 Å². The average Bonchev–Trinajstić information content (AvgIpc) is 3.12. The van der Waals surface area contributed by atoms with Gasteiger partial charge in [0.25, 0.3) is 5.56 Å². The van der Waals surface area contributed by atoms with Gasteiger partial charge in [-0.05, 0) is 12.8 Å². The zero-order valence-electron chi connectivity index (χ0n) is 10.3. The van der Waals surface area contributed by atoms with Gasteiger partial charge in [-0.25, -0.2) is 13.4 Å². The Morgan fingerprint density at radius 3 is 2.83 bits per heavy atom. The second-order valence-corrected chi connectivity index (χ2v) is 6.93. The molecule has 1 aliphatic carbocycles. The minimum atomic E-state index is -2.99. The van der Waals surface area contributed by atoms with Crippen molar-refractivity contribution in [1.82, 2.24) is 9.97 Å². The lowest BCUT2D eigenvalue weighted by atomic mass is 10.4. The van der Waals surface area contributed by atoms with E-state index in [4.69, 9.17) is 0 Å². The first-order valence-electron chi connectivity index (χ1n) is 6.06. The number of nitrogens with zero attached hydrogens (tertiary/aromatic N) is 1. The Hall–Kier alpha value is -1.37. The van der Waals surface area contributed by atoms with Crippen molar-refractivity contribution in [3.05, 3.63) is 22.2 Å². The van der Waals surface area contributed by atoms with Crippen LogP contribution in [0.5, 0.6) is 0 Å². The molecule has 1 saturated carbocycles. The topological polar surface area (TPSA) is 91.9 Å². The van der Waals surface area contributed by atoms with E-state index in [0.29, 0.717) is 17.6 Å². The van der Waals surface area contributed by atoms with Crippen LogP contribution in [0.2, 0.25) is 0 Å². The summed E-state index contributed by atoms with van der Waals surface area (Å²) in [5, 5.41) is 2.89. The molecule has 0 unspecified atom stereocenters. The molecule has 2 N–H and O–H groups in total. The highest BCUT2D eigenvalue weighted by Crippen LogP contribution is 2.37. The summed E-state index contributed by atoms with van der Waals surface area (Å²) in [6.07, 6.45) is 2.10. The SMILES string of the molecule is CCS(=O)(=O)CCNc1cc(=O)[nH]c(C2CC2)n1. The molecule has 1 aliphatic rings. The van der Waals surface area contributed by atoms with Crippen LogP contribution in [0.25, 0.3) is 0 Å². The summed E-state index contributed by atoms with van der Waals surface area (Å²) in [5.41, 5.74) is -0.201. The zero-order valence-corrected chi connectivity index (χ0v) is 11.1. The summed E-state index contributed by atoms with van der Waals surface area (Å²) in [5.74, 6) is 1.69. The molecule has 0 radical (unpaired) electrons. The van der Waals surface area contributed by atoms with Crippen molar-refractivity contribution >= 4 is 15.7 Å². The molecule has 2 rings (SSSR count). The summed E-state index contributed by atoms with van der Waals surface area (Å²) in [6.45, 7) is 1.89. The molecule has 0 aromatic carbocycles. The van der Waals surface area contributed by atoms with Gasteiger partial charge >= 0.3 is 0 Å². The Kier molecular flexibility index (Phi) is 3.70. The van der Waals surface area contributed by atoms with Gasteiger partial charge in [-0.3, -0.25) is 4.79 Å². The molecular formula is C11H17N3O3S. The molecular weight excluding hydrogens is 254 g/mol. The molecule has 1 aromatic rings. The van der Waals surface area contributed by atoms with Crippen LogP contribution in [-0.2, 0) is 9.84 Å². The molecule has 7 heteroatoms. The Morgan fingerprint density at radius 2 is 2.22 bits per heavy atom. The first-order chi connectivity index (χ1) is 8.50. The van der Waals surface area contributed by atoms with Gasteiger partial charge in [0.2, 0.25) is 0 Å². The maximum Gasteiger partial charge on any atom is 0.252 e. The molecule has 18 heavy (non-hydrogen) atoms. The van der Waals surface area contributed by atoms with Crippen molar-refractivity contribution < 1.29 is 8.42 Å². The highest BCUT2D eigenvalue weighted by molar-refractivity contribution is 7.91. The van der Waals surface area contributed by atoms with Crippen molar-refractivity contribution in [2.24, 2.45) is 0 Å². The van der Waals surface area contributed by atoms with Crippen LogP contribution in [0.3, 0.4) is 0 Å².